The Balaban J connectivity index is 2.18. The predicted molar refractivity (Wildman–Crippen MR) is 72.5 cm³/mol. The van der Waals surface area contributed by atoms with Crippen molar-refractivity contribution < 1.29 is 0 Å². The van der Waals surface area contributed by atoms with E-state index in [1.165, 1.54) is 5.56 Å². The summed E-state index contributed by atoms with van der Waals surface area (Å²) < 4.78 is 1.96. The van der Waals surface area contributed by atoms with Crippen LogP contribution in [0.15, 0.2) is 30.3 Å². The van der Waals surface area contributed by atoms with E-state index in [1.54, 1.807) is 0 Å². The van der Waals surface area contributed by atoms with Crippen LogP contribution in [0.25, 0.3) is 0 Å². The maximum Gasteiger partial charge on any atom is 0.147 e. The minimum absolute atomic E-state index is 0.374. The summed E-state index contributed by atoms with van der Waals surface area (Å²) in [5.74, 6) is 2.97. The first kappa shape index (κ1) is 12.2. The molecule has 1 aromatic carbocycles. The van der Waals surface area contributed by atoms with Gasteiger partial charge in [-0.15, -0.1) is 0 Å². The van der Waals surface area contributed by atoms with Crippen LogP contribution in [0.2, 0.25) is 0 Å². The lowest BCUT2D eigenvalue weighted by Gasteiger charge is -2.15. The topological polar surface area (TPSA) is 30.7 Å². The van der Waals surface area contributed by atoms with Crippen molar-refractivity contribution in [3.63, 3.8) is 0 Å². The Kier molecular flexibility index (Phi) is 3.84. The fraction of sp³-hybridized carbons (Fsp3) is 0.385. The van der Waals surface area contributed by atoms with Crippen LogP contribution >= 0.6 is 12.6 Å². The largest absolute Gasteiger partial charge is 0.249 e. The number of hydrogen-bond donors (Lipinski definition) is 1. The molecule has 17 heavy (non-hydrogen) atoms. The summed E-state index contributed by atoms with van der Waals surface area (Å²) in [6.45, 7) is 4.74. The molecule has 1 unspecified atom stereocenters. The molecule has 0 bridgehead atoms. The number of rotatable bonds is 4. The molecule has 1 atom stereocenters. The normalized spacial score (nSPS) is 12.6. The summed E-state index contributed by atoms with van der Waals surface area (Å²) in [6, 6.07) is 10.4. The highest BCUT2D eigenvalue weighted by molar-refractivity contribution is 7.80. The van der Waals surface area contributed by atoms with Gasteiger partial charge in [-0.25, -0.2) is 9.67 Å². The van der Waals surface area contributed by atoms with Crippen molar-refractivity contribution in [2.45, 2.75) is 26.3 Å². The monoisotopic (exact) mass is 247 g/mol. The summed E-state index contributed by atoms with van der Waals surface area (Å²) in [4.78, 5) is 4.32. The number of hydrogen-bond acceptors (Lipinski definition) is 3. The van der Waals surface area contributed by atoms with Gasteiger partial charge in [-0.3, -0.25) is 0 Å². The fourth-order valence-electron chi connectivity index (χ4n) is 1.94. The summed E-state index contributed by atoms with van der Waals surface area (Å²) in [5, 5.41) is 4.40. The van der Waals surface area contributed by atoms with Gasteiger partial charge in [0, 0.05) is 5.92 Å². The lowest BCUT2D eigenvalue weighted by Crippen LogP contribution is -2.13. The minimum Gasteiger partial charge on any atom is -0.249 e. The summed E-state index contributed by atoms with van der Waals surface area (Å²) in [6.07, 6.45) is 0. The fourth-order valence-corrected chi connectivity index (χ4v) is 2.26. The lowest BCUT2D eigenvalue weighted by molar-refractivity contribution is 0.532. The Morgan fingerprint density at radius 3 is 2.47 bits per heavy atom. The van der Waals surface area contributed by atoms with E-state index < -0.39 is 0 Å². The molecule has 4 heteroatoms. The number of thiol groups is 1. The van der Waals surface area contributed by atoms with Gasteiger partial charge in [0.2, 0.25) is 0 Å². The van der Waals surface area contributed by atoms with Gasteiger partial charge in [-0.1, -0.05) is 30.3 Å². The quantitative estimate of drug-likeness (QED) is 0.842. The summed E-state index contributed by atoms with van der Waals surface area (Å²) in [5.41, 5.74) is 1.30. The average molecular weight is 247 g/mol. The van der Waals surface area contributed by atoms with Crippen LogP contribution in [-0.4, -0.2) is 20.5 Å². The molecular formula is C13H17N3S. The van der Waals surface area contributed by atoms with E-state index in [0.29, 0.717) is 5.92 Å². The van der Waals surface area contributed by atoms with Crippen LogP contribution in [0, 0.1) is 13.8 Å². The number of aromatic nitrogens is 3. The number of aryl methyl sites for hydroxylation is 2. The molecule has 1 heterocycles. The third-order valence-corrected chi connectivity index (χ3v) is 3.29. The Morgan fingerprint density at radius 1 is 1.24 bits per heavy atom. The molecule has 0 aliphatic heterocycles. The van der Waals surface area contributed by atoms with Crippen molar-refractivity contribution >= 4 is 12.6 Å². The van der Waals surface area contributed by atoms with Crippen molar-refractivity contribution in [1.82, 2.24) is 14.8 Å². The second kappa shape index (κ2) is 5.36. The van der Waals surface area contributed by atoms with Gasteiger partial charge in [0.25, 0.3) is 0 Å². The van der Waals surface area contributed by atoms with Crippen LogP contribution in [0.1, 0.15) is 23.1 Å². The van der Waals surface area contributed by atoms with Crippen molar-refractivity contribution in [1.29, 1.82) is 0 Å². The first-order valence-corrected chi connectivity index (χ1v) is 6.38. The van der Waals surface area contributed by atoms with Crippen LogP contribution in [0.5, 0.6) is 0 Å². The van der Waals surface area contributed by atoms with E-state index in [2.05, 4.69) is 47.0 Å². The van der Waals surface area contributed by atoms with Crippen LogP contribution in [0.3, 0.4) is 0 Å². The number of benzene rings is 1. The average Bonchev–Trinajstić information content (AvgIpc) is 2.66. The van der Waals surface area contributed by atoms with E-state index in [0.717, 1.165) is 23.9 Å². The predicted octanol–water partition coefficient (Wildman–Crippen LogP) is 2.61. The van der Waals surface area contributed by atoms with E-state index in [-0.39, 0.29) is 0 Å². The Hall–Kier alpha value is -1.29. The second-order valence-corrected chi connectivity index (χ2v) is 4.54. The van der Waals surface area contributed by atoms with E-state index >= 15 is 0 Å². The van der Waals surface area contributed by atoms with Gasteiger partial charge in [-0.05, 0) is 25.2 Å². The number of nitrogens with zero attached hydrogens (tertiary/aromatic N) is 3. The van der Waals surface area contributed by atoms with Crippen molar-refractivity contribution in [3.05, 3.63) is 47.5 Å². The van der Waals surface area contributed by atoms with Gasteiger partial charge >= 0.3 is 0 Å². The van der Waals surface area contributed by atoms with E-state index in [1.807, 2.05) is 24.6 Å². The molecule has 0 N–H and O–H groups in total. The molecule has 0 aliphatic rings. The van der Waals surface area contributed by atoms with E-state index in [9.17, 15) is 0 Å². The maximum absolute atomic E-state index is 4.44. The summed E-state index contributed by atoms with van der Waals surface area (Å²) >= 11 is 4.44. The van der Waals surface area contributed by atoms with Crippen molar-refractivity contribution in [3.8, 4) is 0 Å². The molecular weight excluding hydrogens is 230 g/mol. The standard InChI is InChI=1S/C13H17N3S/c1-10-14-11(2)16(15-10)8-13(9-17)12-6-4-3-5-7-12/h3-7,13,17H,8-9H2,1-2H3. The molecule has 0 fully saturated rings. The second-order valence-electron chi connectivity index (χ2n) is 4.18. The van der Waals surface area contributed by atoms with E-state index in [4.69, 9.17) is 0 Å². The molecule has 1 aromatic heterocycles. The zero-order valence-corrected chi connectivity index (χ0v) is 11.1. The highest BCUT2D eigenvalue weighted by Crippen LogP contribution is 2.19. The lowest BCUT2D eigenvalue weighted by atomic mass is 10.0. The third kappa shape index (κ3) is 2.88. The molecule has 0 spiro atoms. The smallest absolute Gasteiger partial charge is 0.147 e. The van der Waals surface area contributed by atoms with Crippen LogP contribution < -0.4 is 0 Å². The van der Waals surface area contributed by atoms with Gasteiger partial charge in [-0.2, -0.15) is 17.7 Å². The minimum atomic E-state index is 0.374. The molecule has 2 aromatic rings. The molecule has 0 aliphatic carbocycles. The van der Waals surface area contributed by atoms with Gasteiger partial charge in [0.15, 0.2) is 0 Å². The molecule has 0 radical (unpaired) electrons. The van der Waals surface area contributed by atoms with Crippen molar-refractivity contribution in [2.75, 3.05) is 5.75 Å². The van der Waals surface area contributed by atoms with Crippen molar-refractivity contribution in [2.24, 2.45) is 0 Å². The Bertz CT molecular complexity index is 479. The molecule has 0 saturated carbocycles. The highest BCUT2D eigenvalue weighted by atomic mass is 32.1. The van der Waals surface area contributed by atoms with Gasteiger partial charge in [0.1, 0.15) is 11.6 Å². The van der Waals surface area contributed by atoms with Crippen LogP contribution in [0.4, 0.5) is 0 Å². The molecule has 0 amide bonds. The highest BCUT2D eigenvalue weighted by Gasteiger charge is 2.12. The zero-order chi connectivity index (χ0) is 12.3. The molecule has 2 rings (SSSR count). The SMILES string of the molecule is Cc1nc(C)n(CC(CS)c2ccccc2)n1. The Labute approximate surface area is 107 Å². The maximum atomic E-state index is 4.44. The van der Waals surface area contributed by atoms with Gasteiger partial charge in [0.05, 0.1) is 6.54 Å². The first-order valence-electron chi connectivity index (χ1n) is 5.74. The summed E-state index contributed by atoms with van der Waals surface area (Å²) in [7, 11) is 0. The molecule has 3 nitrogen and oxygen atoms in total. The first-order chi connectivity index (χ1) is 8.20. The zero-order valence-electron chi connectivity index (χ0n) is 10.2. The Morgan fingerprint density at radius 2 is 1.94 bits per heavy atom. The molecule has 0 saturated heterocycles. The van der Waals surface area contributed by atoms with Gasteiger partial charge < -0.3 is 0 Å². The molecule has 90 valence electrons. The third-order valence-electron chi connectivity index (χ3n) is 2.85. The van der Waals surface area contributed by atoms with Crippen LogP contribution in [-0.2, 0) is 6.54 Å².